The molecule has 1 aliphatic rings. The van der Waals surface area contributed by atoms with Gasteiger partial charge in [-0.25, -0.2) is 13.2 Å². The SMILES string of the molecule is CCc1ccc(NC(=O)C(C)OC(=O)c2ccc(S(=O)(=O)N3CC(C)CC(C)C3)cc2)cc1. The van der Waals surface area contributed by atoms with Gasteiger partial charge in [0.15, 0.2) is 6.10 Å². The molecule has 0 spiro atoms. The summed E-state index contributed by atoms with van der Waals surface area (Å²) in [7, 11) is -3.63. The molecule has 178 valence electrons. The molecule has 1 saturated heterocycles. The largest absolute Gasteiger partial charge is 0.449 e. The van der Waals surface area contributed by atoms with E-state index in [-0.39, 0.29) is 10.5 Å². The third kappa shape index (κ3) is 6.21. The van der Waals surface area contributed by atoms with Crippen LogP contribution in [0, 0.1) is 11.8 Å². The van der Waals surface area contributed by atoms with Crippen molar-refractivity contribution in [3.8, 4) is 0 Å². The highest BCUT2D eigenvalue weighted by Gasteiger charge is 2.31. The van der Waals surface area contributed by atoms with Crippen molar-refractivity contribution in [2.45, 2.75) is 51.5 Å². The third-order valence-electron chi connectivity index (χ3n) is 5.85. The molecule has 7 nitrogen and oxygen atoms in total. The molecule has 3 atom stereocenters. The number of nitrogens with one attached hydrogen (secondary N) is 1. The minimum Gasteiger partial charge on any atom is -0.449 e. The van der Waals surface area contributed by atoms with Crippen LogP contribution in [0.3, 0.4) is 0 Å². The lowest BCUT2D eigenvalue weighted by molar-refractivity contribution is -0.123. The van der Waals surface area contributed by atoms with Gasteiger partial charge in [0.2, 0.25) is 10.0 Å². The number of anilines is 1. The summed E-state index contributed by atoms with van der Waals surface area (Å²) in [6.45, 7) is 8.62. The Bertz CT molecular complexity index is 1070. The number of carbonyl (C=O) groups is 2. The Balaban J connectivity index is 1.61. The zero-order valence-corrected chi connectivity index (χ0v) is 20.4. The van der Waals surface area contributed by atoms with E-state index < -0.39 is 28.0 Å². The summed E-state index contributed by atoms with van der Waals surface area (Å²) in [5.74, 6) is -0.534. The van der Waals surface area contributed by atoms with E-state index in [0.717, 1.165) is 18.4 Å². The number of benzene rings is 2. The molecule has 1 heterocycles. The summed E-state index contributed by atoms with van der Waals surface area (Å²) in [6.07, 6.45) is 0.897. The summed E-state index contributed by atoms with van der Waals surface area (Å²) < 4.78 is 32.8. The molecular weight excluding hydrogens is 440 g/mol. The van der Waals surface area contributed by atoms with Crippen molar-refractivity contribution in [2.24, 2.45) is 11.8 Å². The molecule has 0 bridgehead atoms. The lowest BCUT2D eigenvalue weighted by Crippen LogP contribution is -2.42. The number of esters is 1. The Labute approximate surface area is 196 Å². The van der Waals surface area contributed by atoms with E-state index in [1.807, 2.05) is 19.1 Å². The fraction of sp³-hybridized carbons (Fsp3) is 0.440. The lowest BCUT2D eigenvalue weighted by atomic mass is 9.94. The number of aryl methyl sites for hydroxylation is 1. The molecule has 1 N–H and O–H groups in total. The fourth-order valence-corrected chi connectivity index (χ4v) is 5.74. The van der Waals surface area contributed by atoms with Gasteiger partial charge in [-0.15, -0.1) is 0 Å². The molecule has 2 aromatic carbocycles. The molecular formula is C25H32N2O5S. The summed E-state index contributed by atoms with van der Waals surface area (Å²) in [5, 5.41) is 2.72. The van der Waals surface area contributed by atoms with Gasteiger partial charge in [-0.05, 0) is 73.6 Å². The van der Waals surface area contributed by atoms with Crippen LogP contribution in [0.1, 0.15) is 50.0 Å². The van der Waals surface area contributed by atoms with Crippen LogP contribution in [0.5, 0.6) is 0 Å². The number of carbonyl (C=O) groups excluding carboxylic acids is 2. The first-order valence-corrected chi connectivity index (χ1v) is 12.7. The van der Waals surface area contributed by atoms with Crippen LogP contribution >= 0.6 is 0 Å². The molecule has 1 aliphatic heterocycles. The van der Waals surface area contributed by atoms with E-state index in [1.165, 1.54) is 35.5 Å². The molecule has 0 aromatic heterocycles. The normalized spacial score (nSPS) is 20.1. The van der Waals surface area contributed by atoms with Crippen molar-refractivity contribution in [3.63, 3.8) is 0 Å². The summed E-state index contributed by atoms with van der Waals surface area (Å²) in [4.78, 5) is 25.0. The Kier molecular flexibility index (Phi) is 7.92. The van der Waals surface area contributed by atoms with Crippen molar-refractivity contribution in [2.75, 3.05) is 18.4 Å². The van der Waals surface area contributed by atoms with Crippen molar-refractivity contribution in [3.05, 3.63) is 59.7 Å². The van der Waals surface area contributed by atoms with Crippen molar-refractivity contribution in [1.82, 2.24) is 4.31 Å². The highest BCUT2D eigenvalue weighted by Crippen LogP contribution is 2.27. The summed E-state index contributed by atoms with van der Waals surface area (Å²) in [6, 6.07) is 13.1. The second-order valence-electron chi connectivity index (χ2n) is 8.88. The van der Waals surface area contributed by atoms with Crippen LogP contribution in [-0.4, -0.2) is 43.8 Å². The van der Waals surface area contributed by atoms with E-state index in [0.29, 0.717) is 30.6 Å². The van der Waals surface area contributed by atoms with Gasteiger partial charge in [-0.2, -0.15) is 4.31 Å². The smallest absolute Gasteiger partial charge is 0.338 e. The van der Waals surface area contributed by atoms with Gasteiger partial charge in [0.05, 0.1) is 10.5 Å². The van der Waals surface area contributed by atoms with E-state index >= 15 is 0 Å². The maximum Gasteiger partial charge on any atom is 0.338 e. The average molecular weight is 473 g/mol. The topological polar surface area (TPSA) is 92.8 Å². The second-order valence-corrected chi connectivity index (χ2v) is 10.8. The molecule has 2 aromatic rings. The number of hydrogen-bond acceptors (Lipinski definition) is 5. The number of amides is 1. The molecule has 3 rings (SSSR count). The summed E-state index contributed by atoms with van der Waals surface area (Å²) >= 11 is 0. The fourth-order valence-electron chi connectivity index (χ4n) is 4.06. The van der Waals surface area contributed by atoms with Crippen molar-refractivity contribution >= 4 is 27.6 Å². The maximum atomic E-state index is 13.0. The zero-order chi connectivity index (χ0) is 24.2. The van der Waals surface area contributed by atoms with E-state index in [9.17, 15) is 18.0 Å². The van der Waals surface area contributed by atoms with Crippen LogP contribution in [-0.2, 0) is 26.0 Å². The second kappa shape index (κ2) is 10.5. The lowest BCUT2D eigenvalue weighted by Gasteiger charge is -2.34. The minimum atomic E-state index is -3.63. The Hall–Kier alpha value is -2.71. The van der Waals surface area contributed by atoms with E-state index in [4.69, 9.17) is 4.74 Å². The zero-order valence-electron chi connectivity index (χ0n) is 19.6. The predicted molar refractivity (Wildman–Crippen MR) is 127 cm³/mol. The third-order valence-corrected chi connectivity index (χ3v) is 7.69. The van der Waals surface area contributed by atoms with Crippen LogP contribution < -0.4 is 5.32 Å². The van der Waals surface area contributed by atoms with Crippen molar-refractivity contribution < 1.29 is 22.7 Å². The summed E-state index contributed by atoms with van der Waals surface area (Å²) in [5.41, 5.74) is 1.96. The first-order valence-electron chi connectivity index (χ1n) is 11.3. The molecule has 0 saturated carbocycles. The highest BCUT2D eigenvalue weighted by molar-refractivity contribution is 7.89. The van der Waals surface area contributed by atoms with Crippen LogP contribution in [0.15, 0.2) is 53.4 Å². The standard InChI is InChI=1S/C25H32N2O5S/c1-5-20-6-10-22(11-7-20)26-24(28)19(4)32-25(29)21-8-12-23(13-9-21)33(30,31)27-15-17(2)14-18(3)16-27/h6-13,17-19H,5,14-16H2,1-4H3,(H,26,28). The minimum absolute atomic E-state index is 0.140. The van der Waals surface area contributed by atoms with Gasteiger partial charge < -0.3 is 10.1 Å². The molecule has 1 amide bonds. The molecule has 3 unspecified atom stereocenters. The molecule has 0 radical (unpaired) electrons. The van der Waals surface area contributed by atoms with Crippen LogP contribution in [0.4, 0.5) is 5.69 Å². The van der Waals surface area contributed by atoms with Gasteiger partial charge in [0.25, 0.3) is 5.91 Å². The highest BCUT2D eigenvalue weighted by atomic mass is 32.2. The number of sulfonamides is 1. The number of nitrogens with zero attached hydrogens (tertiary/aromatic N) is 1. The van der Waals surface area contributed by atoms with E-state index in [2.05, 4.69) is 19.2 Å². The monoisotopic (exact) mass is 472 g/mol. The van der Waals surface area contributed by atoms with Gasteiger partial charge in [-0.1, -0.05) is 32.9 Å². The number of hydrogen-bond donors (Lipinski definition) is 1. The van der Waals surface area contributed by atoms with Crippen molar-refractivity contribution in [1.29, 1.82) is 0 Å². The Morgan fingerprint density at radius 2 is 1.61 bits per heavy atom. The molecule has 0 aliphatic carbocycles. The quantitative estimate of drug-likeness (QED) is 0.613. The predicted octanol–water partition coefficient (Wildman–Crippen LogP) is 4.10. The van der Waals surface area contributed by atoms with Gasteiger partial charge >= 0.3 is 5.97 Å². The number of rotatable bonds is 7. The number of ether oxygens (including phenoxy) is 1. The maximum absolute atomic E-state index is 13.0. The van der Waals surface area contributed by atoms with Gasteiger partial charge in [0, 0.05) is 18.8 Å². The first-order chi connectivity index (χ1) is 15.6. The molecule has 1 fully saturated rings. The first kappa shape index (κ1) is 24.9. The van der Waals surface area contributed by atoms with Gasteiger partial charge in [-0.3, -0.25) is 4.79 Å². The van der Waals surface area contributed by atoms with Crippen LogP contribution in [0.25, 0.3) is 0 Å². The molecule has 8 heteroatoms. The molecule has 33 heavy (non-hydrogen) atoms. The average Bonchev–Trinajstić information content (AvgIpc) is 2.79. The van der Waals surface area contributed by atoms with Gasteiger partial charge in [0.1, 0.15) is 0 Å². The van der Waals surface area contributed by atoms with Crippen LogP contribution in [0.2, 0.25) is 0 Å². The number of piperidine rings is 1. The Morgan fingerprint density at radius 1 is 1.03 bits per heavy atom. The van der Waals surface area contributed by atoms with E-state index in [1.54, 1.807) is 12.1 Å². The Morgan fingerprint density at radius 3 is 2.15 bits per heavy atom.